The van der Waals surface area contributed by atoms with Crippen LogP contribution in [0.15, 0.2) is 0 Å². The maximum atomic E-state index is 9.56. The highest BCUT2D eigenvalue weighted by molar-refractivity contribution is 5.02. The predicted molar refractivity (Wildman–Crippen MR) is 33.1 cm³/mol. The van der Waals surface area contributed by atoms with Crippen molar-refractivity contribution in [1.82, 2.24) is 0 Å². The molecule has 0 bridgehead atoms. The second-order valence-electron chi connectivity index (χ2n) is 3.34. The summed E-state index contributed by atoms with van der Waals surface area (Å²) in [7, 11) is 0. The van der Waals surface area contributed by atoms with Crippen LogP contribution in [0.3, 0.4) is 0 Å². The Hall–Kier alpha value is -0.0800. The molecule has 52 valence electrons. The van der Waals surface area contributed by atoms with E-state index in [0.29, 0.717) is 6.10 Å². The molecule has 0 spiro atoms. The first-order valence-electron chi connectivity index (χ1n) is 3.58. The molecule has 0 aromatic heterocycles. The molecule has 0 amide bonds. The smallest absolute Gasteiger partial charge is 0.112 e. The number of aliphatic hydroxyl groups is 1. The Balaban J connectivity index is 2.09. The summed E-state index contributed by atoms with van der Waals surface area (Å²) < 4.78 is 5.24. The second-order valence-corrected chi connectivity index (χ2v) is 3.34. The van der Waals surface area contributed by atoms with Crippen LogP contribution >= 0.6 is 0 Å². The van der Waals surface area contributed by atoms with Crippen molar-refractivity contribution >= 4 is 0 Å². The molecular formula is C7H12O2. The SMILES string of the molecule is C[C@@]1(O)CCC[C@@H]2O[C@@H]21. The molecule has 0 aromatic carbocycles. The van der Waals surface area contributed by atoms with Gasteiger partial charge in [0.05, 0.1) is 11.7 Å². The zero-order valence-corrected chi connectivity index (χ0v) is 5.63. The Morgan fingerprint density at radius 2 is 2.44 bits per heavy atom. The quantitative estimate of drug-likeness (QED) is 0.487. The average Bonchev–Trinajstić information content (AvgIpc) is 2.43. The first kappa shape index (κ1) is 5.69. The van der Waals surface area contributed by atoms with Crippen LogP contribution < -0.4 is 0 Å². The minimum absolute atomic E-state index is 0.172. The normalized spacial score (nSPS) is 56.7. The molecule has 2 rings (SSSR count). The van der Waals surface area contributed by atoms with Gasteiger partial charge in [-0.3, -0.25) is 0 Å². The van der Waals surface area contributed by atoms with Crippen molar-refractivity contribution in [3.05, 3.63) is 0 Å². The Labute approximate surface area is 54.8 Å². The van der Waals surface area contributed by atoms with Gasteiger partial charge in [0, 0.05) is 0 Å². The van der Waals surface area contributed by atoms with Gasteiger partial charge in [-0.1, -0.05) is 0 Å². The summed E-state index contributed by atoms with van der Waals surface area (Å²) in [6, 6.07) is 0. The molecule has 3 atom stereocenters. The van der Waals surface area contributed by atoms with Crippen LogP contribution in [0.2, 0.25) is 0 Å². The lowest BCUT2D eigenvalue weighted by Gasteiger charge is -2.23. The zero-order valence-electron chi connectivity index (χ0n) is 5.63. The maximum absolute atomic E-state index is 9.56. The van der Waals surface area contributed by atoms with E-state index in [2.05, 4.69) is 0 Å². The fraction of sp³-hybridized carbons (Fsp3) is 1.00. The van der Waals surface area contributed by atoms with Gasteiger partial charge in [0.2, 0.25) is 0 Å². The van der Waals surface area contributed by atoms with Crippen LogP contribution in [-0.4, -0.2) is 22.9 Å². The van der Waals surface area contributed by atoms with Gasteiger partial charge >= 0.3 is 0 Å². The van der Waals surface area contributed by atoms with E-state index in [-0.39, 0.29) is 6.10 Å². The third kappa shape index (κ3) is 0.775. The predicted octanol–water partition coefficient (Wildman–Crippen LogP) is 0.689. The summed E-state index contributed by atoms with van der Waals surface area (Å²) in [5, 5.41) is 9.56. The Bertz CT molecular complexity index is 131. The first-order chi connectivity index (χ1) is 4.20. The molecule has 2 fully saturated rings. The van der Waals surface area contributed by atoms with Crippen molar-refractivity contribution < 1.29 is 9.84 Å². The molecule has 1 saturated heterocycles. The fourth-order valence-electron chi connectivity index (χ4n) is 1.71. The summed E-state index contributed by atoms with van der Waals surface area (Å²) in [4.78, 5) is 0. The molecule has 1 aliphatic heterocycles. The van der Waals surface area contributed by atoms with E-state index in [0.717, 1.165) is 19.3 Å². The van der Waals surface area contributed by atoms with Gasteiger partial charge in [-0.25, -0.2) is 0 Å². The number of hydrogen-bond donors (Lipinski definition) is 1. The standard InChI is InChI=1S/C7H12O2/c1-7(8)4-2-3-5-6(7)9-5/h5-6,8H,2-4H2,1H3/t5-,6-,7+/m0/s1. The molecule has 9 heavy (non-hydrogen) atoms. The number of rotatable bonds is 0. The Kier molecular flexibility index (Phi) is 0.945. The molecule has 0 radical (unpaired) electrons. The lowest BCUT2D eigenvalue weighted by Crippen LogP contribution is -2.35. The van der Waals surface area contributed by atoms with Gasteiger partial charge in [-0.2, -0.15) is 0 Å². The Morgan fingerprint density at radius 1 is 1.67 bits per heavy atom. The molecule has 0 unspecified atom stereocenters. The van der Waals surface area contributed by atoms with Crippen molar-refractivity contribution in [3.8, 4) is 0 Å². The van der Waals surface area contributed by atoms with Crippen LogP contribution in [0, 0.1) is 0 Å². The third-order valence-corrected chi connectivity index (χ3v) is 2.37. The van der Waals surface area contributed by atoms with Crippen LogP contribution in [0.1, 0.15) is 26.2 Å². The van der Waals surface area contributed by atoms with E-state index in [1.165, 1.54) is 0 Å². The van der Waals surface area contributed by atoms with Gasteiger partial charge in [-0.05, 0) is 26.2 Å². The summed E-state index contributed by atoms with van der Waals surface area (Å²) in [5.74, 6) is 0. The molecule has 1 N–H and O–H groups in total. The van der Waals surface area contributed by atoms with E-state index in [9.17, 15) is 5.11 Å². The molecule has 2 aliphatic rings. The van der Waals surface area contributed by atoms with E-state index in [4.69, 9.17) is 4.74 Å². The van der Waals surface area contributed by atoms with Gasteiger partial charge in [0.15, 0.2) is 0 Å². The van der Waals surface area contributed by atoms with Crippen molar-refractivity contribution in [1.29, 1.82) is 0 Å². The van der Waals surface area contributed by atoms with Gasteiger partial charge in [0.25, 0.3) is 0 Å². The van der Waals surface area contributed by atoms with E-state index in [1.54, 1.807) is 0 Å². The lowest BCUT2D eigenvalue weighted by molar-refractivity contribution is 0.0174. The van der Waals surface area contributed by atoms with E-state index < -0.39 is 5.60 Å². The minimum atomic E-state index is -0.511. The minimum Gasteiger partial charge on any atom is -0.387 e. The Morgan fingerprint density at radius 3 is 3.00 bits per heavy atom. The van der Waals surface area contributed by atoms with Crippen LogP contribution in [-0.2, 0) is 4.74 Å². The number of ether oxygens (including phenoxy) is 1. The highest BCUT2D eigenvalue weighted by Gasteiger charge is 2.53. The van der Waals surface area contributed by atoms with Crippen LogP contribution in [0.25, 0.3) is 0 Å². The number of epoxide rings is 1. The van der Waals surface area contributed by atoms with Gasteiger partial charge in [-0.15, -0.1) is 0 Å². The molecule has 2 nitrogen and oxygen atoms in total. The monoisotopic (exact) mass is 128 g/mol. The topological polar surface area (TPSA) is 32.8 Å². The van der Waals surface area contributed by atoms with Gasteiger partial charge < -0.3 is 9.84 Å². The lowest BCUT2D eigenvalue weighted by atomic mass is 9.87. The largest absolute Gasteiger partial charge is 0.387 e. The fourth-order valence-corrected chi connectivity index (χ4v) is 1.71. The van der Waals surface area contributed by atoms with Crippen molar-refractivity contribution in [2.45, 2.75) is 44.0 Å². The molecule has 1 heterocycles. The zero-order chi connectivity index (χ0) is 6.48. The molecule has 0 aromatic rings. The third-order valence-electron chi connectivity index (χ3n) is 2.37. The van der Waals surface area contributed by atoms with Crippen molar-refractivity contribution in [2.24, 2.45) is 0 Å². The summed E-state index contributed by atoms with van der Waals surface area (Å²) in [6.07, 6.45) is 3.75. The van der Waals surface area contributed by atoms with E-state index in [1.807, 2.05) is 6.92 Å². The van der Waals surface area contributed by atoms with Crippen LogP contribution in [0.4, 0.5) is 0 Å². The van der Waals surface area contributed by atoms with Crippen LogP contribution in [0.5, 0.6) is 0 Å². The highest BCUT2D eigenvalue weighted by atomic mass is 16.6. The summed E-state index contributed by atoms with van der Waals surface area (Å²) >= 11 is 0. The molecule has 2 heteroatoms. The molecule has 1 saturated carbocycles. The number of fused-ring (bicyclic) bond motifs is 1. The maximum Gasteiger partial charge on any atom is 0.112 e. The molecule has 1 aliphatic carbocycles. The molecular weight excluding hydrogens is 116 g/mol. The summed E-state index contributed by atoms with van der Waals surface area (Å²) in [6.45, 7) is 1.87. The van der Waals surface area contributed by atoms with Crippen molar-refractivity contribution in [2.75, 3.05) is 0 Å². The summed E-state index contributed by atoms with van der Waals surface area (Å²) in [5.41, 5.74) is -0.511. The van der Waals surface area contributed by atoms with Crippen molar-refractivity contribution in [3.63, 3.8) is 0 Å². The van der Waals surface area contributed by atoms with E-state index >= 15 is 0 Å². The first-order valence-corrected chi connectivity index (χ1v) is 3.58. The second kappa shape index (κ2) is 1.50. The highest BCUT2D eigenvalue weighted by Crippen LogP contribution is 2.42. The average molecular weight is 128 g/mol. The number of hydrogen-bond acceptors (Lipinski definition) is 2. The van der Waals surface area contributed by atoms with Gasteiger partial charge in [0.1, 0.15) is 6.10 Å².